The minimum Gasteiger partial charge on any atom is -0.310 e. The summed E-state index contributed by atoms with van der Waals surface area (Å²) >= 11 is 6.06. The first kappa shape index (κ1) is 16.3. The summed E-state index contributed by atoms with van der Waals surface area (Å²) in [6, 6.07) is 5.46. The molecular formula is C14H19ClF3N. The smallest absolute Gasteiger partial charge is 0.310 e. The molecule has 0 saturated heterocycles. The van der Waals surface area contributed by atoms with Gasteiger partial charge in [-0.3, -0.25) is 0 Å². The maximum atomic E-state index is 12.2. The predicted octanol–water partition coefficient (Wildman–Crippen LogP) is 5.03. The van der Waals surface area contributed by atoms with Crippen molar-refractivity contribution in [1.82, 2.24) is 5.32 Å². The van der Waals surface area contributed by atoms with E-state index in [0.717, 1.165) is 11.1 Å². The highest BCUT2D eigenvalue weighted by Gasteiger charge is 2.27. The van der Waals surface area contributed by atoms with Gasteiger partial charge in [-0.2, -0.15) is 13.2 Å². The van der Waals surface area contributed by atoms with E-state index in [2.05, 4.69) is 5.32 Å². The van der Waals surface area contributed by atoms with Crippen molar-refractivity contribution in [2.24, 2.45) is 0 Å². The molecule has 1 rings (SSSR count). The van der Waals surface area contributed by atoms with Gasteiger partial charge in [0.05, 0.1) is 0 Å². The van der Waals surface area contributed by atoms with E-state index in [9.17, 15) is 13.2 Å². The number of rotatable bonds is 6. The number of benzene rings is 1. The molecule has 0 aromatic heterocycles. The van der Waals surface area contributed by atoms with Crippen molar-refractivity contribution in [2.45, 2.75) is 45.3 Å². The van der Waals surface area contributed by atoms with Gasteiger partial charge in [-0.15, -0.1) is 0 Å². The Kier molecular flexibility index (Phi) is 6.14. The Hall–Kier alpha value is -0.740. The molecule has 0 fully saturated rings. The minimum atomic E-state index is -4.08. The molecule has 19 heavy (non-hydrogen) atoms. The summed E-state index contributed by atoms with van der Waals surface area (Å²) in [4.78, 5) is 0. The number of hydrogen-bond acceptors (Lipinski definition) is 1. The number of hydrogen-bond donors (Lipinski definition) is 1. The van der Waals surface area contributed by atoms with Gasteiger partial charge in [-0.25, -0.2) is 0 Å². The molecule has 1 atom stereocenters. The van der Waals surface area contributed by atoms with E-state index in [-0.39, 0.29) is 12.5 Å². The van der Waals surface area contributed by atoms with E-state index in [4.69, 9.17) is 11.6 Å². The molecular weight excluding hydrogens is 275 g/mol. The highest BCUT2D eigenvalue weighted by molar-refractivity contribution is 6.31. The van der Waals surface area contributed by atoms with Gasteiger partial charge < -0.3 is 5.32 Å². The summed E-state index contributed by atoms with van der Waals surface area (Å²) in [7, 11) is 0. The first-order valence-corrected chi connectivity index (χ1v) is 6.78. The summed E-state index contributed by atoms with van der Waals surface area (Å²) in [5, 5.41) is 3.88. The van der Waals surface area contributed by atoms with Crippen LogP contribution in [0.25, 0.3) is 0 Å². The molecule has 0 radical (unpaired) electrons. The Bertz CT molecular complexity index is 404. The van der Waals surface area contributed by atoms with Gasteiger partial charge in [0.15, 0.2) is 0 Å². The molecule has 1 nitrogen and oxygen atoms in total. The van der Waals surface area contributed by atoms with E-state index < -0.39 is 12.6 Å². The molecule has 1 N–H and O–H groups in total. The zero-order valence-electron chi connectivity index (χ0n) is 11.1. The molecule has 0 amide bonds. The lowest BCUT2D eigenvalue weighted by Crippen LogP contribution is -2.22. The molecule has 0 bridgehead atoms. The van der Waals surface area contributed by atoms with Gasteiger partial charge >= 0.3 is 6.18 Å². The lowest BCUT2D eigenvalue weighted by atomic mass is 9.96. The minimum absolute atomic E-state index is 0.0777. The van der Waals surface area contributed by atoms with Crippen molar-refractivity contribution >= 4 is 11.6 Å². The molecule has 0 spiro atoms. The van der Waals surface area contributed by atoms with Gasteiger partial charge in [0.2, 0.25) is 0 Å². The molecule has 0 aliphatic carbocycles. The van der Waals surface area contributed by atoms with Crippen LogP contribution in [0.15, 0.2) is 18.2 Å². The van der Waals surface area contributed by atoms with Crippen molar-refractivity contribution in [3.8, 4) is 0 Å². The lowest BCUT2D eigenvalue weighted by Gasteiger charge is -2.21. The summed E-state index contributed by atoms with van der Waals surface area (Å²) in [5.41, 5.74) is 1.92. The van der Waals surface area contributed by atoms with Gasteiger partial charge in [0.25, 0.3) is 0 Å². The van der Waals surface area contributed by atoms with Crippen LogP contribution in [0.3, 0.4) is 0 Å². The van der Waals surface area contributed by atoms with Crippen LogP contribution in [0.1, 0.15) is 43.4 Å². The molecule has 1 unspecified atom stereocenters. The van der Waals surface area contributed by atoms with Crippen LogP contribution in [-0.2, 0) is 0 Å². The fraction of sp³-hybridized carbons (Fsp3) is 0.571. The molecule has 1 aromatic rings. The largest absolute Gasteiger partial charge is 0.389 e. The second-order valence-electron chi connectivity index (χ2n) is 4.57. The van der Waals surface area contributed by atoms with Crippen molar-refractivity contribution in [3.05, 3.63) is 34.3 Å². The van der Waals surface area contributed by atoms with E-state index in [0.29, 0.717) is 18.0 Å². The molecule has 0 heterocycles. The third-order valence-electron chi connectivity index (χ3n) is 3.09. The quantitative estimate of drug-likeness (QED) is 0.775. The third kappa shape index (κ3) is 5.41. The summed E-state index contributed by atoms with van der Waals surface area (Å²) in [5.74, 6) is 0. The Morgan fingerprint density at radius 3 is 2.58 bits per heavy atom. The average Bonchev–Trinajstić information content (AvgIpc) is 2.30. The van der Waals surface area contributed by atoms with Crippen LogP contribution in [-0.4, -0.2) is 12.7 Å². The molecule has 5 heteroatoms. The summed E-state index contributed by atoms with van der Waals surface area (Å²) in [6.07, 6.45) is -4.25. The standard InChI is InChI=1S/C14H19ClF3N/c1-3-19-13(8-5-9-14(16,17)18)11-6-4-7-12(15)10(11)2/h4,6-7,13,19H,3,5,8-9H2,1-2H3. The van der Waals surface area contributed by atoms with Gasteiger partial charge in [-0.05, 0) is 43.5 Å². The van der Waals surface area contributed by atoms with Gasteiger partial charge in [-0.1, -0.05) is 30.7 Å². The second kappa shape index (κ2) is 7.15. The molecule has 1 aromatic carbocycles. The maximum absolute atomic E-state index is 12.2. The number of nitrogens with one attached hydrogen (secondary N) is 1. The van der Waals surface area contributed by atoms with Gasteiger partial charge in [0, 0.05) is 17.5 Å². The van der Waals surface area contributed by atoms with Crippen LogP contribution in [0.2, 0.25) is 5.02 Å². The number of halogens is 4. The summed E-state index contributed by atoms with van der Waals surface area (Å²) in [6.45, 7) is 4.55. The van der Waals surface area contributed by atoms with E-state index in [1.165, 1.54) is 0 Å². The van der Waals surface area contributed by atoms with E-state index >= 15 is 0 Å². The topological polar surface area (TPSA) is 12.0 Å². The number of alkyl halides is 3. The van der Waals surface area contributed by atoms with Crippen molar-refractivity contribution in [3.63, 3.8) is 0 Å². The highest BCUT2D eigenvalue weighted by atomic mass is 35.5. The highest BCUT2D eigenvalue weighted by Crippen LogP contribution is 2.29. The van der Waals surface area contributed by atoms with Gasteiger partial charge in [0.1, 0.15) is 0 Å². The van der Waals surface area contributed by atoms with Crippen LogP contribution < -0.4 is 5.32 Å². The SMILES string of the molecule is CCNC(CCCC(F)(F)F)c1cccc(Cl)c1C. The Morgan fingerprint density at radius 2 is 2.00 bits per heavy atom. The Balaban J connectivity index is 2.74. The summed E-state index contributed by atoms with van der Waals surface area (Å²) < 4.78 is 36.6. The fourth-order valence-corrected chi connectivity index (χ4v) is 2.30. The van der Waals surface area contributed by atoms with Crippen molar-refractivity contribution in [1.29, 1.82) is 0 Å². The van der Waals surface area contributed by atoms with Crippen molar-refractivity contribution < 1.29 is 13.2 Å². The first-order valence-electron chi connectivity index (χ1n) is 6.40. The Labute approximate surface area is 117 Å². The van der Waals surface area contributed by atoms with Crippen LogP contribution in [0.4, 0.5) is 13.2 Å². The van der Waals surface area contributed by atoms with Crippen LogP contribution in [0, 0.1) is 6.92 Å². The first-order chi connectivity index (χ1) is 8.85. The van der Waals surface area contributed by atoms with E-state index in [1.54, 1.807) is 6.07 Å². The normalized spacial score (nSPS) is 13.6. The van der Waals surface area contributed by atoms with Crippen LogP contribution >= 0.6 is 11.6 Å². The van der Waals surface area contributed by atoms with Crippen molar-refractivity contribution in [2.75, 3.05) is 6.54 Å². The fourth-order valence-electron chi connectivity index (χ4n) is 2.12. The zero-order chi connectivity index (χ0) is 14.5. The molecule has 0 saturated carbocycles. The zero-order valence-corrected chi connectivity index (χ0v) is 11.9. The molecule has 108 valence electrons. The maximum Gasteiger partial charge on any atom is 0.389 e. The monoisotopic (exact) mass is 293 g/mol. The lowest BCUT2D eigenvalue weighted by molar-refractivity contribution is -0.135. The van der Waals surface area contributed by atoms with E-state index in [1.807, 2.05) is 26.0 Å². The van der Waals surface area contributed by atoms with Crippen LogP contribution in [0.5, 0.6) is 0 Å². The second-order valence-corrected chi connectivity index (χ2v) is 4.98. The molecule has 0 aliphatic rings. The Morgan fingerprint density at radius 1 is 1.32 bits per heavy atom. The average molecular weight is 294 g/mol. The molecule has 0 aliphatic heterocycles. The third-order valence-corrected chi connectivity index (χ3v) is 3.50. The predicted molar refractivity (Wildman–Crippen MR) is 72.5 cm³/mol.